The van der Waals surface area contributed by atoms with Gasteiger partial charge in [-0.1, -0.05) is 49.2 Å². The SMILES string of the molecule is O=C(CCCCCCc1ccccc1)c1nc(-c2cccc(Br)n2)n[nH]1. The lowest BCUT2D eigenvalue weighted by Crippen LogP contribution is -2.01. The standard InChI is InChI=1S/C20H21BrN4O/c21-18-14-8-12-16(22-18)19-23-20(25-24-19)17(26)13-7-2-1-4-9-15-10-5-3-6-11-15/h3,5-6,8,10-12,14H,1-2,4,7,9,13H2,(H,23,24,25). The second-order valence-electron chi connectivity index (χ2n) is 6.18. The molecule has 26 heavy (non-hydrogen) atoms. The molecule has 2 heterocycles. The van der Waals surface area contributed by atoms with Gasteiger partial charge in [-0.3, -0.25) is 9.89 Å². The van der Waals surface area contributed by atoms with Gasteiger partial charge in [-0.15, -0.1) is 0 Å². The van der Waals surface area contributed by atoms with E-state index in [1.165, 1.54) is 5.56 Å². The van der Waals surface area contributed by atoms with Crippen LogP contribution in [0.2, 0.25) is 0 Å². The summed E-state index contributed by atoms with van der Waals surface area (Å²) in [7, 11) is 0. The summed E-state index contributed by atoms with van der Waals surface area (Å²) in [5, 5.41) is 6.83. The summed E-state index contributed by atoms with van der Waals surface area (Å²) in [6, 6.07) is 16.0. The number of carbonyl (C=O) groups is 1. The number of H-pyrrole nitrogens is 1. The monoisotopic (exact) mass is 412 g/mol. The first-order chi connectivity index (χ1) is 12.7. The molecular weight excluding hydrogens is 392 g/mol. The van der Waals surface area contributed by atoms with E-state index >= 15 is 0 Å². The molecule has 1 N–H and O–H groups in total. The van der Waals surface area contributed by atoms with Crippen LogP contribution in [0.5, 0.6) is 0 Å². The number of nitrogens with one attached hydrogen (secondary N) is 1. The number of pyridine rings is 1. The largest absolute Gasteiger partial charge is 0.291 e. The van der Waals surface area contributed by atoms with Crippen molar-refractivity contribution in [3.05, 3.63) is 64.5 Å². The Hall–Kier alpha value is -2.34. The highest BCUT2D eigenvalue weighted by atomic mass is 79.9. The van der Waals surface area contributed by atoms with Gasteiger partial charge in [-0.2, -0.15) is 5.10 Å². The predicted octanol–water partition coefficient (Wildman–Crippen LogP) is 5.01. The Morgan fingerprint density at radius 3 is 2.54 bits per heavy atom. The van der Waals surface area contributed by atoms with E-state index in [1.54, 1.807) is 0 Å². The summed E-state index contributed by atoms with van der Waals surface area (Å²) < 4.78 is 0.711. The lowest BCUT2D eigenvalue weighted by Gasteiger charge is -2.01. The number of Topliss-reactive ketones (excluding diaryl/α,β-unsaturated/α-hetero) is 1. The molecular formula is C20H21BrN4O. The van der Waals surface area contributed by atoms with Crippen LogP contribution in [-0.2, 0) is 6.42 Å². The molecule has 0 aliphatic heterocycles. The van der Waals surface area contributed by atoms with Crippen LogP contribution in [0.15, 0.2) is 53.1 Å². The topological polar surface area (TPSA) is 71.5 Å². The maximum absolute atomic E-state index is 12.2. The Kier molecular flexibility index (Phi) is 6.66. The summed E-state index contributed by atoms with van der Waals surface area (Å²) in [6.07, 6.45) is 5.79. The van der Waals surface area contributed by atoms with E-state index in [2.05, 4.69) is 60.4 Å². The van der Waals surface area contributed by atoms with Gasteiger partial charge in [0.05, 0.1) is 0 Å². The average Bonchev–Trinajstić information content (AvgIpc) is 3.15. The molecule has 0 atom stereocenters. The van der Waals surface area contributed by atoms with E-state index in [-0.39, 0.29) is 5.78 Å². The van der Waals surface area contributed by atoms with Crippen molar-refractivity contribution in [1.29, 1.82) is 0 Å². The second kappa shape index (κ2) is 9.38. The summed E-state index contributed by atoms with van der Waals surface area (Å²) in [4.78, 5) is 20.8. The highest BCUT2D eigenvalue weighted by Crippen LogP contribution is 2.16. The van der Waals surface area contributed by atoms with Gasteiger partial charge in [0, 0.05) is 6.42 Å². The molecule has 0 saturated heterocycles. The Morgan fingerprint density at radius 2 is 1.73 bits per heavy atom. The first-order valence-electron chi connectivity index (χ1n) is 8.85. The molecule has 0 saturated carbocycles. The van der Waals surface area contributed by atoms with Gasteiger partial charge < -0.3 is 0 Å². The zero-order valence-electron chi connectivity index (χ0n) is 14.5. The third kappa shape index (κ3) is 5.33. The van der Waals surface area contributed by atoms with Gasteiger partial charge >= 0.3 is 0 Å². The molecule has 134 valence electrons. The lowest BCUT2D eigenvalue weighted by atomic mass is 10.0. The molecule has 0 unspecified atom stereocenters. The number of aromatic amines is 1. The van der Waals surface area contributed by atoms with E-state index in [0.29, 0.717) is 28.4 Å². The number of carbonyl (C=O) groups excluding carboxylic acids is 1. The Labute approximate surface area is 161 Å². The fraction of sp³-hybridized carbons (Fsp3) is 0.300. The van der Waals surface area contributed by atoms with E-state index in [4.69, 9.17) is 0 Å². The minimum absolute atomic E-state index is 0.00167. The Morgan fingerprint density at radius 1 is 0.923 bits per heavy atom. The van der Waals surface area contributed by atoms with Gasteiger partial charge in [0.25, 0.3) is 0 Å². The van der Waals surface area contributed by atoms with Crippen molar-refractivity contribution < 1.29 is 4.79 Å². The third-order valence-corrected chi connectivity index (χ3v) is 4.60. The van der Waals surface area contributed by atoms with Gasteiger partial charge in [0.2, 0.25) is 0 Å². The number of nitrogens with zero attached hydrogens (tertiary/aromatic N) is 3. The normalized spacial score (nSPS) is 10.8. The molecule has 3 rings (SSSR count). The number of aryl methyl sites for hydroxylation is 1. The number of benzene rings is 1. The third-order valence-electron chi connectivity index (χ3n) is 4.16. The van der Waals surface area contributed by atoms with Crippen LogP contribution in [0.4, 0.5) is 0 Å². The van der Waals surface area contributed by atoms with Crippen molar-refractivity contribution >= 4 is 21.7 Å². The minimum Gasteiger partial charge on any atom is -0.291 e. The molecule has 0 fully saturated rings. The number of unbranched alkanes of at least 4 members (excludes halogenated alkanes) is 3. The fourth-order valence-corrected chi connectivity index (χ4v) is 3.11. The minimum atomic E-state index is 0.00167. The zero-order chi connectivity index (χ0) is 18.2. The number of halogens is 1. The first-order valence-corrected chi connectivity index (χ1v) is 9.64. The lowest BCUT2D eigenvalue weighted by molar-refractivity contribution is 0.0969. The van der Waals surface area contributed by atoms with Crippen molar-refractivity contribution in [2.24, 2.45) is 0 Å². The molecule has 0 bridgehead atoms. The van der Waals surface area contributed by atoms with Crippen LogP contribution in [0, 0.1) is 0 Å². The quantitative estimate of drug-likeness (QED) is 0.304. The van der Waals surface area contributed by atoms with E-state index in [0.717, 1.165) is 32.1 Å². The van der Waals surface area contributed by atoms with Crippen molar-refractivity contribution in [2.75, 3.05) is 0 Å². The van der Waals surface area contributed by atoms with Crippen LogP contribution in [0.1, 0.15) is 48.3 Å². The number of rotatable bonds is 9. The molecule has 6 heteroatoms. The highest BCUT2D eigenvalue weighted by Gasteiger charge is 2.13. The first kappa shape index (κ1) is 18.5. The molecule has 0 aliphatic rings. The number of ketones is 1. The summed E-state index contributed by atoms with van der Waals surface area (Å²) in [5.74, 6) is 0.755. The van der Waals surface area contributed by atoms with Crippen molar-refractivity contribution in [3.63, 3.8) is 0 Å². The number of hydrogen-bond acceptors (Lipinski definition) is 4. The molecule has 0 radical (unpaired) electrons. The van der Waals surface area contributed by atoms with Gasteiger partial charge in [-0.25, -0.2) is 9.97 Å². The fourth-order valence-electron chi connectivity index (χ4n) is 2.77. The smallest absolute Gasteiger partial charge is 0.200 e. The highest BCUT2D eigenvalue weighted by molar-refractivity contribution is 9.10. The molecule has 5 nitrogen and oxygen atoms in total. The maximum atomic E-state index is 12.2. The molecule has 0 spiro atoms. The van der Waals surface area contributed by atoms with Gasteiger partial charge in [-0.05, 0) is 52.9 Å². The Balaban J connectivity index is 1.40. The molecule has 3 aromatic rings. The number of hydrogen-bond donors (Lipinski definition) is 1. The van der Waals surface area contributed by atoms with Crippen LogP contribution < -0.4 is 0 Å². The second-order valence-corrected chi connectivity index (χ2v) is 6.99. The van der Waals surface area contributed by atoms with Crippen LogP contribution >= 0.6 is 15.9 Å². The maximum Gasteiger partial charge on any atom is 0.200 e. The van der Waals surface area contributed by atoms with E-state index in [9.17, 15) is 4.79 Å². The molecule has 0 amide bonds. The van der Waals surface area contributed by atoms with E-state index < -0.39 is 0 Å². The number of aromatic nitrogens is 4. The van der Waals surface area contributed by atoms with Crippen LogP contribution in [0.25, 0.3) is 11.5 Å². The predicted molar refractivity (Wildman–Crippen MR) is 105 cm³/mol. The van der Waals surface area contributed by atoms with E-state index in [1.807, 2.05) is 24.3 Å². The Bertz CT molecular complexity index is 848. The summed E-state index contributed by atoms with van der Waals surface area (Å²) in [5.41, 5.74) is 2.01. The average molecular weight is 413 g/mol. The van der Waals surface area contributed by atoms with Crippen LogP contribution in [0.3, 0.4) is 0 Å². The summed E-state index contributed by atoms with van der Waals surface area (Å²) >= 11 is 3.32. The van der Waals surface area contributed by atoms with Crippen LogP contribution in [-0.4, -0.2) is 25.9 Å². The molecule has 1 aromatic carbocycles. The van der Waals surface area contributed by atoms with Gasteiger partial charge in [0.1, 0.15) is 10.3 Å². The van der Waals surface area contributed by atoms with Gasteiger partial charge in [0.15, 0.2) is 17.4 Å². The van der Waals surface area contributed by atoms with Crippen molar-refractivity contribution in [3.8, 4) is 11.5 Å². The molecule has 2 aromatic heterocycles. The zero-order valence-corrected chi connectivity index (χ0v) is 16.1. The van der Waals surface area contributed by atoms with Crippen molar-refractivity contribution in [1.82, 2.24) is 20.2 Å². The summed E-state index contributed by atoms with van der Waals surface area (Å²) in [6.45, 7) is 0. The molecule has 0 aliphatic carbocycles. The van der Waals surface area contributed by atoms with Crippen molar-refractivity contribution in [2.45, 2.75) is 38.5 Å².